The minimum atomic E-state index is 0.308. The number of ether oxygens (including phenoxy) is 1. The van der Waals surface area contributed by atoms with Crippen molar-refractivity contribution >= 4 is 11.4 Å². The molecule has 2 unspecified atom stereocenters. The second-order valence-electron chi connectivity index (χ2n) is 6.15. The Bertz CT molecular complexity index is 536. The summed E-state index contributed by atoms with van der Waals surface area (Å²) < 4.78 is 6.72. The molecule has 1 aliphatic heterocycles. The lowest BCUT2D eigenvalue weighted by atomic mass is 10.1. The molecule has 0 spiro atoms. The number of hydrogen-bond donors (Lipinski definition) is 0. The van der Waals surface area contributed by atoms with Crippen LogP contribution in [0.2, 0.25) is 0 Å². The Morgan fingerprint density at radius 1 is 1.32 bits per heavy atom. The highest BCUT2D eigenvalue weighted by Gasteiger charge is 2.36. The van der Waals surface area contributed by atoms with E-state index in [9.17, 15) is 0 Å². The minimum Gasteiger partial charge on any atom is -0.473 e. The molecule has 0 saturated heterocycles. The molecule has 3 rings (SSSR count). The number of hydrogen-bond acceptors (Lipinski definition) is 3. The van der Waals surface area contributed by atoms with Crippen molar-refractivity contribution in [2.24, 2.45) is 11.0 Å². The van der Waals surface area contributed by atoms with Crippen LogP contribution in [0.4, 0.5) is 5.69 Å². The fourth-order valence-corrected chi connectivity index (χ4v) is 3.23. The van der Waals surface area contributed by atoms with E-state index < -0.39 is 0 Å². The van der Waals surface area contributed by atoms with Crippen molar-refractivity contribution in [1.29, 1.82) is 0 Å². The van der Waals surface area contributed by atoms with Gasteiger partial charge in [-0.05, 0) is 32.1 Å². The van der Waals surface area contributed by atoms with Crippen LogP contribution in [0.25, 0.3) is 0 Å². The van der Waals surface area contributed by atoms with Gasteiger partial charge < -0.3 is 4.74 Å². The van der Waals surface area contributed by atoms with Gasteiger partial charge in [-0.15, -0.1) is 0 Å². The molecule has 4 nitrogen and oxygen atoms in total. The first kappa shape index (κ1) is 12.6. The lowest BCUT2D eigenvalue weighted by molar-refractivity contribution is 0.160. The fraction of sp³-hybridized carbons (Fsp3) is 0.600. The lowest BCUT2D eigenvalue weighted by Crippen LogP contribution is -2.31. The van der Waals surface area contributed by atoms with Crippen LogP contribution in [0.5, 0.6) is 5.88 Å². The summed E-state index contributed by atoms with van der Waals surface area (Å²) in [7, 11) is 4.16. The third-order valence-electron chi connectivity index (χ3n) is 4.29. The Kier molecular flexibility index (Phi) is 2.86. The van der Waals surface area contributed by atoms with E-state index in [1.165, 1.54) is 18.5 Å². The predicted molar refractivity (Wildman–Crippen MR) is 77.5 cm³/mol. The van der Waals surface area contributed by atoms with Crippen LogP contribution in [0, 0.1) is 5.92 Å². The van der Waals surface area contributed by atoms with Gasteiger partial charge in [-0.3, -0.25) is 0 Å². The van der Waals surface area contributed by atoms with Crippen molar-refractivity contribution in [3.05, 3.63) is 17.8 Å². The van der Waals surface area contributed by atoms with Gasteiger partial charge in [0.2, 0.25) is 5.88 Å². The molecule has 1 aliphatic carbocycles. The van der Waals surface area contributed by atoms with Crippen LogP contribution in [-0.2, 0) is 0 Å². The van der Waals surface area contributed by atoms with E-state index in [1.807, 2.05) is 19.2 Å². The standard InChI is InChI=1S/C15H22N3O/c1-10-6-5-7-13(10)19-15-14-11(2)17-18(3,4)12(14)8-9-16-15/h8-10,13H,5-7H2,1-4H3/q+1. The summed E-state index contributed by atoms with van der Waals surface area (Å²) in [4.78, 5) is 4.45. The van der Waals surface area contributed by atoms with E-state index in [0.29, 0.717) is 16.6 Å². The van der Waals surface area contributed by atoms with Gasteiger partial charge in [0.15, 0.2) is 5.69 Å². The molecule has 1 saturated carbocycles. The third-order valence-corrected chi connectivity index (χ3v) is 4.29. The summed E-state index contributed by atoms with van der Waals surface area (Å²) in [6.45, 7) is 4.31. The molecule has 0 N–H and O–H groups in total. The molecule has 19 heavy (non-hydrogen) atoms. The second kappa shape index (κ2) is 4.30. The van der Waals surface area contributed by atoms with E-state index in [4.69, 9.17) is 4.74 Å². The summed E-state index contributed by atoms with van der Waals surface area (Å²) in [6, 6.07) is 2.04. The first-order chi connectivity index (χ1) is 8.99. The van der Waals surface area contributed by atoms with Crippen molar-refractivity contribution in [3.8, 4) is 5.88 Å². The van der Waals surface area contributed by atoms with Crippen molar-refractivity contribution in [3.63, 3.8) is 0 Å². The molecule has 0 amide bonds. The molecule has 4 heteroatoms. The van der Waals surface area contributed by atoms with Gasteiger partial charge in [0, 0.05) is 12.3 Å². The topological polar surface area (TPSA) is 34.5 Å². The zero-order chi connectivity index (χ0) is 13.6. The summed E-state index contributed by atoms with van der Waals surface area (Å²) in [5.41, 5.74) is 3.29. The Balaban J connectivity index is 1.96. The number of aromatic nitrogens is 1. The zero-order valence-electron chi connectivity index (χ0n) is 12.2. The van der Waals surface area contributed by atoms with Crippen LogP contribution >= 0.6 is 0 Å². The zero-order valence-corrected chi connectivity index (χ0v) is 12.2. The average Bonchev–Trinajstić information content (AvgIpc) is 2.83. The molecule has 1 aromatic heterocycles. The average molecular weight is 260 g/mol. The summed E-state index contributed by atoms with van der Waals surface area (Å²) in [6.07, 6.45) is 5.80. The van der Waals surface area contributed by atoms with Crippen molar-refractivity contribution in [2.45, 2.75) is 39.2 Å². The molecule has 2 heterocycles. The summed E-state index contributed by atoms with van der Waals surface area (Å²) in [5.74, 6) is 1.39. The van der Waals surface area contributed by atoms with Crippen LogP contribution < -0.4 is 9.33 Å². The summed E-state index contributed by atoms with van der Waals surface area (Å²) in [5, 5.41) is 4.68. The lowest BCUT2D eigenvalue weighted by Gasteiger charge is -2.20. The highest BCUT2D eigenvalue weighted by Crippen LogP contribution is 2.38. The van der Waals surface area contributed by atoms with E-state index in [0.717, 1.165) is 23.6 Å². The molecule has 0 aromatic carbocycles. The minimum absolute atomic E-state index is 0.308. The number of fused-ring (bicyclic) bond motifs is 1. The number of pyridine rings is 1. The predicted octanol–water partition coefficient (Wildman–Crippen LogP) is 2.95. The fourth-order valence-electron chi connectivity index (χ4n) is 3.23. The van der Waals surface area contributed by atoms with Gasteiger partial charge in [0.1, 0.15) is 17.4 Å². The number of nitrogens with zero attached hydrogens (tertiary/aromatic N) is 3. The van der Waals surface area contributed by atoms with Gasteiger partial charge in [0.05, 0.1) is 14.1 Å². The molecule has 2 aliphatic rings. The van der Waals surface area contributed by atoms with Gasteiger partial charge in [-0.25, -0.2) is 4.98 Å². The van der Waals surface area contributed by atoms with E-state index in [1.54, 1.807) is 0 Å². The second-order valence-corrected chi connectivity index (χ2v) is 6.15. The molecular weight excluding hydrogens is 238 g/mol. The van der Waals surface area contributed by atoms with Gasteiger partial charge in [-0.2, -0.15) is 4.59 Å². The first-order valence-electron chi connectivity index (χ1n) is 7.06. The number of rotatable bonds is 2. The molecule has 0 bridgehead atoms. The Morgan fingerprint density at radius 3 is 2.79 bits per heavy atom. The van der Waals surface area contributed by atoms with E-state index >= 15 is 0 Å². The molecule has 0 radical (unpaired) electrons. The van der Waals surface area contributed by atoms with E-state index in [-0.39, 0.29) is 0 Å². The number of quaternary nitrogens is 1. The molecular formula is C15H22N3O+. The van der Waals surface area contributed by atoms with Crippen LogP contribution in [0.15, 0.2) is 17.4 Å². The van der Waals surface area contributed by atoms with E-state index in [2.05, 4.69) is 31.1 Å². The highest BCUT2D eigenvalue weighted by molar-refractivity contribution is 6.07. The highest BCUT2D eigenvalue weighted by atomic mass is 16.5. The maximum absolute atomic E-state index is 6.19. The third kappa shape index (κ3) is 2.04. The SMILES string of the molecule is CC1=N[N+](C)(C)c2ccnc(OC3CCCC3C)c21. The Morgan fingerprint density at radius 2 is 2.11 bits per heavy atom. The van der Waals surface area contributed by atoms with Crippen molar-refractivity contribution in [2.75, 3.05) is 14.1 Å². The molecule has 1 aromatic rings. The summed E-state index contributed by atoms with van der Waals surface area (Å²) >= 11 is 0. The van der Waals surface area contributed by atoms with Crippen LogP contribution in [0.3, 0.4) is 0 Å². The van der Waals surface area contributed by atoms with Crippen LogP contribution in [0.1, 0.15) is 38.7 Å². The van der Waals surface area contributed by atoms with Crippen molar-refractivity contribution in [1.82, 2.24) is 9.58 Å². The van der Waals surface area contributed by atoms with Gasteiger partial charge in [-0.1, -0.05) is 12.0 Å². The quantitative estimate of drug-likeness (QED) is 0.766. The smallest absolute Gasteiger partial charge is 0.229 e. The molecule has 2 atom stereocenters. The normalized spacial score (nSPS) is 28.1. The first-order valence-corrected chi connectivity index (χ1v) is 7.06. The maximum atomic E-state index is 6.19. The molecule has 102 valence electrons. The van der Waals surface area contributed by atoms with Gasteiger partial charge in [0.25, 0.3) is 0 Å². The largest absolute Gasteiger partial charge is 0.473 e. The van der Waals surface area contributed by atoms with Gasteiger partial charge >= 0.3 is 0 Å². The maximum Gasteiger partial charge on any atom is 0.229 e. The van der Waals surface area contributed by atoms with Crippen LogP contribution in [-0.4, -0.2) is 30.9 Å². The Hall–Kier alpha value is -1.42. The monoisotopic (exact) mass is 260 g/mol. The Labute approximate surface area is 114 Å². The molecule has 1 fully saturated rings. The van der Waals surface area contributed by atoms with Crippen molar-refractivity contribution < 1.29 is 4.74 Å².